The number of aliphatic hydroxyl groups excluding tert-OH is 1. The molecule has 0 saturated heterocycles. The van der Waals surface area contributed by atoms with Gasteiger partial charge in [0.15, 0.2) is 0 Å². The predicted molar refractivity (Wildman–Crippen MR) is 97.4 cm³/mol. The van der Waals surface area contributed by atoms with Crippen LogP contribution in [0, 0.1) is 40.9 Å². The summed E-state index contributed by atoms with van der Waals surface area (Å²) in [6.07, 6.45) is 11.3. The monoisotopic (exact) mass is 332 g/mol. The molecule has 2 N–H and O–H groups in total. The highest BCUT2D eigenvalue weighted by molar-refractivity contribution is 5.15. The highest BCUT2D eigenvalue weighted by Crippen LogP contribution is 2.65. The Morgan fingerprint density at radius 3 is 2.46 bits per heavy atom. The number of hydrogen-bond acceptors (Lipinski definition) is 2. The number of rotatable bonds is 2. The van der Waals surface area contributed by atoms with Crippen LogP contribution >= 0.6 is 0 Å². The standard InChI is InChI=1S/C22H36O2/c1-14(13-23)19-6-7-20-18-5-4-15-12-21(2,24)10-8-16(15)17(18)9-11-22(19,20)3/h15-20,23-24H,1,4-13H2,2-3H3/t15-,16-,17+,18+,19+,20-,21+,22+/m0/s1. The van der Waals surface area contributed by atoms with Gasteiger partial charge in [0.05, 0.1) is 12.2 Å². The van der Waals surface area contributed by atoms with Gasteiger partial charge in [-0.1, -0.05) is 13.5 Å². The minimum Gasteiger partial charge on any atom is -0.392 e. The van der Waals surface area contributed by atoms with Crippen molar-refractivity contribution < 1.29 is 10.2 Å². The number of aliphatic hydroxyl groups is 2. The van der Waals surface area contributed by atoms with E-state index in [1.54, 1.807) is 0 Å². The molecule has 0 unspecified atom stereocenters. The molecule has 2 heteroatoms. The molecule has 0 amide bonds. The molecule has 2 nitrogen and oxygen atoms in total. The van der Waals surface area contributed by atoms with E-state index in [1.165, 1.54) is 44.9 Å². The lowest BCUT2D eigenvalue weighted by Crippen LogP contribution is -2.50. The van der Waals surface area contributed by atoms with E-state index >= 15 is 0 Å². The van der Waals surface area contributed by atoms with Gasteiger partial charge in [-0.15, -0.1) is 0 Å². The maximum atomic E-state index is 10.5. The maximum Gasteiger partial charge on any atom is 0.0642 e. The van der Waals surface area contributed by atoms with Crippen LogP contribution in [-0.4, -0.2) is 22.4 Å². The highest BCUT2D eigenvalue weighted by Gasteiger charge is 2.57. The molecule has 4 rings (SSSR count). The van der Waals surface area contributed by atoms with E-state index in [1.807, 2.05) is 0 Å². The average Bonchev–Trinajstić information content (AvgIpc) is 2.90. The first-order chi connectivity index (χ1) is 11.4. The van der Waals surface area contributed by atoms with Crippen LogP contribution in [0.3, 0.4) is 0 Å². The average molecular weight is 333 g/mol. The zero-order chi connectivity index (χ0) is 17.1. The van der Waals surface area contributed by atoms with Gasteiger partial charge in [-0.3, -0.25) is 0 Å². The molecule has 4 saturated carbocycles. The molecule has 0 aliphatic heterocycles. The largest absolute Gasteiger partial charge is 0.392 e. The molecule has 24 heavy (non-hydrogen) atoms. The Kier molecular flexibility index (Phi) is 4.16. The lowest BCUT2D eigenvalue weighted by Gasteiger charge is -2.57. The normalized spacial score (nSPS) is 53.8. The molecule has 0 spiro atoms. The summed E-state index contributed by atoms with van der Waals surface area (Å²) in [7, 11) is 0. The number of fused-ring (bicyclic) bond motifs is 5. The van der Waals surface area contributed by atoms with Gasteiger partial charge in [0.2, 0.25) is 0 Å². The lowest BCUT2D eigenvalue weighted by atomic mass is 9.49. The van der Waals surface area contributed by atoms with Gasteiger partial charge >= 0.3 is 0 Å². The van der Waals surface area contributed by atoms with Crippen LogP contribution in [0.5, 0.6) is 0 Å². The fraction of sp³-hybridized carbons (Fsp3) is 0.909. The third-order valence-electron chi connectivity index (χ3n) is 8.93. The van der Waals surface area contributed by atoms with Crippen molar-refractivity contribution in [3.05, 3.63) is 12.2 Å². The van der Waals surface area contributed by atoms with E-state index in [2.05, 4.69) is 20.4 Å². The first kappa shape index (κ1) is 17.1. The Balaban J connectivity index is 1.54. The molecule has 0 radical (unpaired) electrons. The molecule has 0 heterocycles. The van der Waals surface area contributed by atoms with Crippen LogP contribution in [0.25, 0.3) is 0 Å². The van der Waals surface area contributed by atoms with Gasteiger partial charge < -0.3 is 10.2 Å². The Morgan fingerprint density at radius 2 is 1.71 bits per heavy atom. The zero-order valence-corrected chi connectivity index (χ0v) is 15.6. The summed E-state index contributed by atoms with van der Waals surface area (Å²) < 4.78 is 0. The molecule has 0 aromatic carbocycles. The van der Waals surface area contributed by atoms with E-state index in [9.17, 15) is 10.2 Å². The summed E-state index contributed by atoms with van der Waals surface area (Å²) in [5.41, 5.74) is 1.06. The highest BCUT2D eigenvalue weighted by atomic mass is 16.3. The maximum absolute atomic E-state index is 10.5. The van der Waals surface area contributed by atoms with E-state index in [0.717, 1.165) is 48.0 Å². The summed E-state index contributed by atoms with van der Waals surface area (Å²) >= 11 is 0. The quantitative estimate of drug-likeness (QED) is 0.728. The second-order valence-electron chi connectivity index (χ2n) is 10.2. The van der Waals surface area contributed by atoms with Crippen molar-refractivity contribution in [1.82, 2.24) is 0 Å². The molecule has 4 aliphatic carbocycles. The third kappa shape index (κ3) is 2.51. The van der Waals surface area contributed by atoms with Crippen molar-refractivity contribution in [3.63, 3.8) is 0 Å². The Labute approximate surface area is 147 Å². The molecule has 0 aromatic heterocycles. The van der Waals surface area contributed by atoms with Gasteiger partial charge in [-0.05, 0) is 111 Å². The van der Waals surface area contributed by atoms with E-state index < -0.39 is 5.60 Å². The molecule has 0 bridgehead atoms. The smallest absolute Gasteiger partial charge is 0.0642 e. The van der Waals surface area contributed by atoms with Crippen molar-refractivity contribution in [2.24, 2.45) is 40.9 Å². The van der Waals surface area contributed by atoms with Crippen LogP contribution in [0.4, 0.5) is 0 Å². The van der Waals surface area contributed by atoms with Crippen LogP contribution in [0.1, 0.15) is 71.6 Å². The van der Waals surface area contributed by atoms with E-state index in [4.69, 9.17) is 0 Å². The van der Waals surface area contributed by atoms with Gasteiger partial charge in [0.1, 0.15) is 0 Å². The van der Waals surface area contributed by atoms with Crippen LogP contribution < -0.4 is 0 Å². The van der Waals surface area contributed by atoms with Gasteiger partial charge in [0.25, 0.3) is 0 Å². The second-order valence-corrected chi connectivity index (χ2v) is 10.2. The SMILES string of the molecule is C=C(CO)[C@H]1CC[C@H]2[C@@H]3CC[C@H]4C[C@](C)(O)CC[C@@H]4[C@H]3CC[C@]12C. The lowest BCUT2D eigenvalue weighted by molar-refractivity contribution is -0.0980. The summed E-state index contributed by atoms with van der Waals surface area (Å²) in [5, 5.41) is 20.1. The molecular weight excluding hydrogens is 296 g/mol. The Hall–Kier alpha value is -0.340. The van der Waals surface area contributed by atoms with Gasteiger partial charge in [0, 0.05) is 0 Å². The first-order valence-electron chi connectivity index (χ1n) is 10.4. The Bertz CT molecular complexity index is 510. The van der Waals surface area contributed by atoms with Crippen molar-refractivity contribution >= 4 is 0 Å². The van der Waals surface area contributed by atoms with Crippen LogP contribution in [-0.2, 0) is 0 Å². The van der Waals surface area contributed by atoms with Crippen LogP contribution in [0.2, 0.25) is 0 Å². The van der Waals surface area contributed by atoms with E-state index in [0.29, 0.717) is 11.3 Å². The summed E-state index contributed by atoms with van der Waals surface area (Å²) in [6, 6.07) is 0. The topological polar surface area (TPSA) is 40.5 Å². The van der Waals surface area contributed by atoms with Crippen molar-refractivity contribution in [2.75, 3.05) is 6.61 Å². The molecule has 136 valence electrons. The summed E-state index contributed by atoms with van der Waals surface area (Å²) in [5.74, 6) is 4.81. The third-order valence-corrected chi connectivity index (χ3v) is 8.93. The second kappa shape index (κ2) is 5.84. The van der Waals surface area contributed by atoms with Crippen molar-refractivity contribution in [3.8, 4) is 0 Å². The zero-order valence-electron chi connectivity index (χ0n) is 15.6. The van der Waals surface area contributed by atoms with Crippen LogP contribution in [0.15, 0.2) is 12.2 Å². The van der Waals surface area contributed by atoms with Crippen molar-refractivity contribution in [2.45, 2.75) is 77.2 Å². The molecule has 4 fully saturated rings. The first-order valence-corrected chi connectivity index (χ1v) is 10.4. The molecule has 4 aliphatic rings. The predicted octanol–water partition coefficient (Wildman–Crippen LogP) is 4.55. The molecule has 8 atom stereocenters. The summed E-state index contributed by atoms with van der Waals surface area (Å²) in [4.78, 5) is 0. The number of hydrogen-bond donors (Lipinski definition) is 2. The minimum absolute atomic E-state index is 0.168. The van der Waals surface area contributed by atoms with Crippen molar-refractivity contribution in [1.29, 1.82) is 0 Å². The minimum atomic E-state index is -0.408. The van der Waals surface area contributed by atoms with E-state index in [-0.39, 0.29) is 6.61 Å². The molecule has 0 aromatic rings. The summed E-state index contributed by atoms with van der Waals surface area (Å²) in [6.45, 7) is 8.92. The van der Waals surface area contributed by atoms with Gasteiger partial charge in [-0.2, -0.15) is 0 Å². The fourth-order valence-electron chi connectivity index (χ4n) is 7.86. The molecular formula is C22H36O2. The Morgan fingerprint density at radius 1 is 0.958 bits per heavy atom. The fourth-order valence-corrected chi connectivity index (χ4v) is 7.86. The van der Waals surface area contributed by atoms with Gasteiger partial charge in [-0.25, -0.2) is 0 Å².